The Morgan fingerprint density at radius 3 is 2.68 bits per heavy atom. The topological polar surface area (TPSA) is 61.9 Å². The van der Waals surface area contributed by atoms with Gasteiger partial charge in [-0.3, -0.25) is 4.98 Å². The molecule has 6 heteroatoms. The smallest absolute Gasteiger partial charge is 0.350 e. The summed E-state index contributed by atoms with van der Waals surface area (Å²) in [4.78, 5) is 16.2. The predicted molar refractivity (Wildman–Crippen MR) is 69.2 cm³/mol. The van der Waals surface area contributed by atoms with Crippen molar-refractivity contribution in [1.29, 1.82) is 0 Å². The number of ether oxygens (including phenoxy) is 1. The van der Waals surface area contributed by atoms with E-state index in [1.54, 1.807) is 38.0 Å². The molecule has 1 saturated carbocycles. The Bertz CT molecular complexity index is 608. The normalized spacial score (nSPS) is 17.1. The standard InChI is InChI=1S/C13H16N4O2/c1-19-13(5-2-6-13)9-17-12(18)16(10-15-17)11-3-7-14-8-4-11/h3-4,7-8,10H,2,5-6,9H2,1H3. The molecule has 1 aliphatic rings. The molecule has 0 aliphatic heterocycles. The van der Waals surface area contributed by atoms with Crippen molar-refractivity contribution in [2.75, 3.05) is 7.11 Å². The van der Waals surface area contributed by atoms with Gasteiger partial charge in [0.1, 0.15) is 6.33 Å². The van der Waals surface area contributed by atoms with E-state index in [0.717, 1.165) is 24.9 Å². The van der Waals surface area contributed by atoms with Crippen LogP contribution in [0.25, 0.3) is 5.69 Å². The molecule has 0 radical (unpaired) electrons. The molecule has 0 spiro atoms. The van der Waals surface area contributed by atoms with Gasteiger partial charge in [0.25, 0.3) is 0 Å². The maximum Gasteiger partial charge on any atom is 0.350 e. The molecule has 0 saturated heterocycles. The van der Waals surface area contributed by atoms with E-state index in [1.807, 2.05) is 0 Å². The highest BCUT2D eigenvalue weighted by Crippen LogP contribution is 2.35. The zero-order valence-corrected chi connectivity index (χ0v) is 10.8. The van der Waals surface area contributed by atoms with Crippen LogP contribution < -0.4 is 5.69 Å². The molecule has 1 fully saturated rings. The number of methoxy groups -OCH3 is 1. The van der Waals surface area contributed by atoms with Gasteiger partial charge in [-0.05, 0) is 31.4 Å². The van der Waals surface area contributed by atoms with Crippen LogP contribution >= 0.6 is 0 Å². The van der Waals surface area contributed by atoms with E-state index in [0.29, 0.717) is 6.54 Å². The van der Waals surface area contributed by atoms with Crippen LogP contribution in [0.2, 0.25) is 0 Å². The monoisotopic (exact) mass is 260 g/mol. The lowest BCUT2D eigenvalue weighted by Crippen LogP contribution is -2.45. The van der Waals surface area contributed by atoms with E-state index in [-0.39, 0.29) is 11.3 Å². The molecule has 2 heterocycles. The number of nitrogens with zero attached hydrogens (tertiary/aromatic N) is 4. The van der Waals surface area contributed by atoms with Crippen LogP contribution in [0.3, 0.4) is 0 Å². The molecule has 2 aromatic heterocycles. The number of aromatic nitrogens is 4. The van der Waals surface area contributed by atoms with Gasteiger partial charge in [0.2, 0.25) is 0 Å². The fraction of sp³-hybridized carbons (Fsp3) is 0.462. The van der Waals surface area contributed by atoms with Crippen LogP contribution in [0.5, 0.6) is 0 Å². The molecular formula is C13H16N4O2. The van der Waals surface area contributed by atoms with E-state index >= 15 is 0 Å². The molecule has 6 nitrogen and oxygen atoms in total. The summed E-state index contributed by atoms with van der Waals surface area (Å²) < 4.78 is 8.52. The fourth-order valence-corrected chi connectivity index (χ4v) is 2.40. The fourth-order valence-electron chi connectivity index (χ4n) is 2.40. The molecule has 1 aliphatic carbocycles. The minimum absolute atomic E-state index is 0.144. The Hall–Kier alpha value is -1.95. The summed E-state index contributed by atoms with van der Waals surface area (Å²) in [5.41, 5.74) is 0.419. The van der Waals surface area contributed by atoms with Gasteiger partial charge in [-0.1, -0.05) is 0 Å². The molecule has 0 atom stereocenters. The van der Waals surface area contributed by atoms with Crippen molar-refractivity contribution in [3.05, 3.63) is 41.3 Å². The average molecular weight is 260 g/mol. The molecule has 0 aromatic carbocycles. The minimum atomic E-state index is -0.207. The first-order chi connectivity index (χ1) is 9.24. The first kappa shape index (κ1) is 12.1. The Morgan fingerprint density at radius 2 is 2.11 bits per heavy atom. The molecule has 0 bridgehead atoms. The first-order valence-electron chi connectivity index (χ1n) is 6.34. The Labute approximate surface area is 110 Å². The minimum Gasteiger partial charge on any atom is -0.376 e. The summed E-state index contributed by atoms with van der Waals surface area (Å²) in [7, 11) is 1.70. The van der Waals surface area contributed by atoms with E-state index in [9.17, 15) is 4.79 Å². The number of hydrogen-bond donors (Lipinski definition) is 0. The van der Waals surface area contributed by atoms with Gasteiger partial charge in [0, 0.05) is 19.5 Å². The second-order valence-corrected chi connectivity index (χ2v) is 4.89. The van der Waals surface area contributed by atoms with Gasteiger partial charge in [-0.25, -0.2) is 14.0 Å². The van der Waals surface area contributed by atoms with Gasteiger partial charge < -0.3 is 4.74 Å². The Morgan fingerprint density at radius 1 is 1.37 bits per heavy atom. The summed E-state index contributed by atoms with van der Waals surface area (Å²) in [6.45, 7) is 0.514. The molecule has 100 valence electrons. The van der Waals surface area contributed by atoms with Crippen molar-refractivity contribution in [3.63, 3.8) is 0 Å². The highest BCUT2D eigenvalue weighted by Gasteiger charge is 2.38. The second-order valence-electron chi connectivity index (χ2n) is 4.89. The maximum atomic E-state index is 12.3. The second kappa shape index (κ2) is 4.62. The van der Waals surface area contributed by atoms with E-state index in [1.165, 1.54) is 9.25 Å². The van der Waals surface area contributed by atoms with Gasteiger partial charge in [0.05, 0.1) is 17.8 Å². The third-order valence-electron chi connectivity index (χ3n) is 3.81. The van der Waals surface area contributed by atoms with Crippen molar-refractivity contribution in [3.8, 4) is 5.69 Å². The third kappa shape index (κ3) is 2.08. The van der Waals surface area contributed by atoms with Crippen LogP contribution in [0.4, 0.5) is 0 Å². The lowest BCUT2D eigenvalue weighted by molar-refractivity contribution is -0.0862. The number of rotatable bonds is 4. The third-order valence-corrected chi connectivity index (χ3v) is 3.81. The highest BCUT2D eigenvalue weighted by atomic mass is 16.5. The van der Waals surface area contributed by atoms with Gasteiger partial charge in [-0.15, -0.1) is 0 Å². The van der Waals surface area contributed by atoms with E-state index in [4.69, 9.17) is 4.74 Å². The van der Waals surface area contributed by atoms with Crippen LogP contribution in [0.15, 0.2) is 35.6 Å². The van der Waals surface area contributed by atoms with Crippen molar-refractivity contribution in [1.82, 2.24) is 19.3 Å². The quantitative estimate of drug-likeness (QED) is 0.822. The summed E-state index contributed by atoms with van der Waals surface area (Å²) >= 11 is 0. The van der Waals surface area contributed by atoms with Crippen molar-refractivity contribution in [2.45, 2.75) is 31.4 Å². The van der Waals surface area contributed by atoms with Crippen LogP contribution in [-0.2, 0) is 11.3 Å². The first-order valence-corrected chi connectivity index (χ1v) is 6.34. The molecule has 2 aromatic rings. The van der Waals surface area contributed by atoms with Gasteiger partial charge in [0.15, 0.2) is 0 Å². The summed E-state index contributed by atoms with van der Waals surface area (Å²) in [5.74, 6) is 0. The number of pyridine rings is 1. The average Bonchev–Trinajstić information content (AvgIpc) is 2.76. The zero-order valence-electron chi connectivity index (χ0n) is 10.8. The molecule has 0 N–H and O–H groups in total. The largest absolute Gasteiger partial charge is 0.376 e. The summed E-state index contributed by atoms with van der Waals surface area (Å²) in [6, 6.07) is 3.56. The molecule has 19 heavy (non-hydrogen) atoms. The SMILES string of the molecule is COC1(Cn2ncn(-c3ccncc3)c2=O)CCC1. The molecular weight excluding hydrogens is 244 g/mol. The van der Waals surface area contributed by atoms with Gasteiger partial charge >= 0.3 is 5.69 Å². The van der Waals surface area contributed by atoms with Crippen molar-refractivity contribution >= 4 is 0 Å². The molecule has 3 rings (SSSR count). The molecule has 0 amide bonds. The predicted octanol–water partition coefficient (Wildman–Crippen LogP) is 0.998. The summed E-state index contributed by atoms with van der Waals surface area (Å²) in [5, 5.41) is 4.17. The van der Waals surface area contributed by atoms with Crippen LogP contribution in [0.1, 0.15) is 19.3 Å². The van der Waals surface area contributed by atoms with E-state index in [2.05, 4.69) is 10.1 Å². The number of hydrogen-bond acceptors (Lipinski definition) is 4. The van der Waals surface area contributed by atoms with Gasteiger partial charge in [-0.2, -0.15) is 5.10 Å². The Balaban J connectivity index is 1.90. The molecule has 0 unspecified atom stereocenters. The van der Waals surface area contributed by atoms with Crippen LogP contribution in [-0.4, -0.2) is 32.0 Å². The Kier molecular flexibility index (Phi) is 2.94. The van der Waals surface area contributed by atoms with E-state index < -0.39 is 0 Å². The van der Waals surface area contributed by atoms with Crippen molar-refractivity contribution < 1.29 is 4.74 Å². The van der Waals surface area contributed by atoms with Crippen molar-refractivity contribution in [2.24, 2.45) is 0 Å². The maximum absolute atomic E-state index is 12.3. The van der Waals surface area contributed by atoms with Crippen LogP contribution in [0, 0.1) is 0 Å². The highest BCUT2D eigenvalue weighted by molar-refractivity contribution is 5.27. The zero-order chi connectivity index (χ0) is 13.3. The summed E-state index contributed by atoms with van der Waals surface area (Å²) in [6.07, 6.45) is 7.97. The lowest BCUT2D eigenvalue weighted by atomic mass is 9.80. The lowest BCUT2D eigenvalue weighted by Gasteiger charge is -2.39.